The highest BCUT2D eigenvalue weighted by molar-refractivity contribution is 7.45. The quantitative estimate of drug-likeness (QED) is 0.527. The summed E-state index contributed by atoms with van der Waals surface area (Å²) in [5, 5.41) is -0.745. The fourth-order valence-electron chi connectivity index (χ4n) is 2.05. The predicted octanol–water partition coefficient (Wildman–Crippen LogP) is 5.33. The summed E-state index contributed by atoms with van der Waals surface area (Å²) in [6.45, 7) is 6.93. The molecule has 1 radical (unpaired) electrons. The molecule has 0 bridgehead atoms. The molecule has 0 atom stereocenters. The van der Waals surface area contributed by atoms with E-state index < -0.39 is 28.8 Å². The number of nitrogens with zero attached hydrogens (tertiary/aromatic N) is 1. The molecule has 0 aliphatic rings. The van der Waals surface area contributed by atoms with E-state index in [9.17, 15) is 26.3 Å². The van der Waals surface area contributed by atoms with E-state index in [1.54, 1.807) is 32.4 Å². The average molecular weight is 344 g/mol. The van der Waals surface area contributed by atoms with Gasteiger partial charge in [0.15, 0.2) is 0 Å². The number of rotatable bonds is 4. The molecule has 1 aromatic carbocycles. The second-order valence-corrected chi connectivity index (χ2v) is 6.47. The Labute approximate surface area is 127 Å². The van der Waals surface area contributed by atoms with Crippen molar-refractivity contribution in [1.82, 2.24) is 4.67 Å². The van der Waals surface area contributed by atoms with Crippen LogP contribution >= 0.6 is 8.73 Å². The Bertz CT molecular complexity index is 467. The van der Waals surface area contributed by atoms with Gasteiger partial charge in [-0.1, -0.05) is 6.07 Å². The Balaban J connectivity index is 3.47. The van der Waals surface area contributed by atoms with Crippen LogP contribution in [-0.2, 0) is 12.4 Å². The van der Waals surface area contributed by atoms with Crippen LogP contribution in [0.5, 0.6) is 0 Å². The maximum absolute atomic E-state index is 13.1. The molecule has 0 amide bonds. The lowest BCUT2D eigenvalue weighted by Crippen LogP contribution is -2.34. The molecular weight excluding hydrogens is 327 g/mol. The van der Waals surface area contributed by atoms with Crippen LogP contribution in [0.2, 0.25) is 0 Å². The molecule has 0 heterocycles. The van der Waals surface area contributed by atoms with Crippen LogP contribution in [0.3, 0.4) is 0 Å². The van der Waals surface area contributed by atoms with E-state index in [2.05, 4.69) is 0 Å². The maximum Gasteiger partial charge on any atom is 0.417 e. The first kappa shape index (κ1) is 19.2. The predicted molar refractivity (Wildman–Crippen MR) is 75.1 cm³/mol. The van der Waals surface area contributed by atoms with Gasteiger partial charge in [-0.25, -0.2) is 0 Å². The van der Waals surface area contributed by atoms with Crippen LogP contribution in [0.1, 0.15) is 38.8 Å². The van der Waals surface area contributed by atoms with Gasteiger partial charge in [0.1, 0.15) is 0 Å². The zero-order valence-electron chi connectivity index (χ0n) is 12.5. The highest BCUT2D eigenvalue weighted by Gasteiger charge is 2.41. The molecule has 1 rings (SSSR count). The van der Waals surface area contributed by atoms with Crippen LogP contribution in [0.25, 0.3) is 0 Å². The van der Waals surface area contributed by atoms with Crippen molar-refractivity contribution in [3.8, 4) is 0 Å². The van der Waals surface area contributed by atoms with Crippen LogP contribution in [0, 0.1) is 0 Å². The van der Waals surface area contributed by atoms with Crippen LogP contribution in [0.15, 0.2) is 18.2 Å². The summed E-state index contributed by atoms with van der Waals surface area (Å²) in [6, 6.07) is 1.79. The Morgan fingerprint density at radius 2 is 1.18 bits per heavy atom. The standard InChI is InChI=1S/C14H17F6NP/c1-8(2)21(9(3)4)22-12-10(13(15,16)17)6-5-7-11(12)14(18,19)20/h5-9H,1-4H3. The molecule has 0 aromatic heterocycles. The Hall–Kier alpha value is -0.810. The SMILES string of the molecule is CC(C)N([P]c1c(C(F)(F)F)cccc1C(F)(F)F)C(C)C. The summed E-state index contributed by atoms with van der Waals surface area (Å²) in [6.07, 6.45) is -9.66. The monoisotopic (exact) mass is 344 g/mol. The number of benzene rings is 1. The average Bonchev–Trinajstić information content (AvgIpc) is 2.32. The van der Waals surface area contributed by atoms with Gasteiger partial charge in [-0.2, -0.15) is 26.3 Å². The van der Waals surface area contributed by atoms with Crippen LogP contribution < -0.4 is 5.30 Å². The van der Waals surface area contributed by atoms with E-state index in [1.807, 2.05) is 0 Å². The topological polar surface area (TPSA) is 3.24 Å². The van der Waals surface area contributed by atoms with E-state index in [4.69, 9.17) is 0 Å². The molecule has 1 aromatic rings. The summed E-state index contributed by atoms with van der Waals surface area (Å²) in [5.41, 5.74) is -2.48. The molecule has 1 nitrogen and oxygen atoms in total. The fourth-order valence-corrected chi connectivity index (χ4v) is 3.36. The molecule has 8 heteroatoms. The molecule has 0 spiro atoms. The van der Waals surface area contributed by atoms with Crippen LogP contribution in [-0.4, -0.2) is 16.8 Å². The van der Waals surface area contributed by atoms with Crippen molar-refractivity contribution in [3.05, 3.63) is 29.3 Å². The number of hydrogen-bond acceptors (Lipinski definition) is 1. The summed E-state index contributed by atoms with van der Waals surface area (Å²) in [4.78, 5) is 0. The number of alkyl halides is 6. The smallest absolute Gasteiger partial charge is 0.269 e. The van der Waals surface area contributed by atoms with Gasteiger partial charge in [0.25, 0.3) is 0 Å². The first-order chi connectivity index (χ1) is 9.85. The molecule has 0 aliphatic carbocycles. The summed E-state index contributed by atoms with van der Waals surface area (Å²) < 4.78 is 80.0. The lowest BCUT2D eigenvalue weighted by Gasteiger charge is -2.31. The van der Waals surface area contributed by atoms with Gasteiger partial charge in [0, 0.05) is 26.1 Å². The molecule has 0 aliphatic heterocycles. The van der Waals surface area contributed by atoms with Crippen molar-refractivity contribution >= 4 is 14.0 Å². The Morgan fingerprint density at radius 3 is 1.45 bits per heavy atom. The van der Waals surface area contributed by atoms with Crippen molar-refractivity contribution in [2.45, 2.75) is 52.1 Å². The van der Waals surface area contributed by atoms with E-state index in [0.29, 0.717) is 12.1 Å². The largest absolute Gasteiger partial charge is 0.417 e. The number of halogens is 6. The van der Waals surface area contributed by atoms with Crippen molar-refractivity contribution in [1.29, 1.82) is 0 Å². The number of hydrogen-bond donors (Lipinski definition) is 0. The van der Waals surface area contributed by atoms with Gasteiger partial charge in [-0.05, 0) is 39.8 Å². The van der Waals surface area contributed by atoms with Gasteiger partial charge < -0.3 is 0 Å². The lowest BCUT2D eigenvalue weighted by molar-refractivity contribution is -0.141. The molecule has 125 valence electrons. The third-order valence-corrected chi connectivity index (χ3v) is 4.76. The minimum atomic E-state index is -4.83. The van der Waals surface area contributed by atoms with E-state index in [0.717, 1.165) is 6.07 Å². The zero-order chi connectivity index (χ0) is 17.3. The second kappa shape index (κ2) is 6.75. The molecule has 0 fully saturated rings. The molecule has 0 N–H and O–H groups in total. The first-order valence-corrected chi connectivity index (χ1v) is 7.47. The van der Waals surface area contributed by atoms with Gasteiger partial charge in [-0.15, -0.1) is 0 Å². The zero-order valence-corrected chi connectivity index (χ0v) is 13.4. The van der Waals surface area contributed by atoms with Crippen molar-refractivity contribution < 1.29 is 26.3 Å². The lowest BCUT2D eigenvalue weighted by atomic mass is 10.1. The second-order valence-electron chi connectivity index (χ2n) is 5.36. The van der Waals surface area contributed by atoms with E-state index in [-0.39, 0.29) is 20.8 Å². The summed E-state index contributed by atoms with van der Waals surface area (Å²) in [7, 11) is -0.100. The van der Waals surface area contributed by atoms with Gasteiger partial charge in [-0.3, -0.25) is 4.67 Å². The molecule has 0 saturated carbocycles. The fraction of sp³-hybridized carbons (Fsp3) is 0.571. The van der Waals surface area contributed by atoms with Crippen LogP contribution in [0.4, 0.5) is 26.3 Å². The molecule has 22 heavy (non-hydrogen) atoms. The van der Waals surface area contributed by atoms with Crippen molar-refractivity contribution in [2.24, 2.45) is 0 Å². The minimum absolute atomic E-state index is 0.100. The third kappa shape index (κ3) is 4.59. The maximum atomic E-state index is 13.1. The highest BCUT2D eigenvalue weighted by Crippen LogP contribution is 2.39. The third-order valence-electron chi connectivity index (χ3n) is 2.92. The highest BCUT2D eigenvalue weighted by atomic mass is 31.1. The molecular formula is C14H17F6NP. The minimum Gasteiger partial charge on any atom is -0.269 e. The summed E-state index contributed by atoms with van der Waals surface area (Å²) in [5.74, 6) is 0. The molecule has 0 saturated heterocycles. The first-order valence-electron chi connectivity index (χ1n) is 6.63. The summed E-state index contributed by atoms with van der Waals surface area (Å²) >= 11 is 0. The van der Waals surface area contributed by atoms with E-state index in [1.165, 1.54) is 0 Å². The van der Waals surface area contributed by atoms with E-state index >= 15 is 0 Å². The van der Waals surface area contributed by atoms with Gasteiger partial charge >= 0.3 is 12.4 Å². The molecule has 0 unspecified atom stereocenters. The Morgan fingerprint density at radius 1 is 0.818 bits per heavy atom. The van der Waals surface area contributed by atoms with Gasteiger partial charge in [0.2, 0.25) is 0 Å². The van der Waals surface area contributed by atoms with Crippen molar-refractivity contribution in [3.63, 3.8) is 0 Å². The Kier molecular flexibility index (Phi) is 5.90. The van der Waals surface area contributed by atoms with Crippen molar-refractivity contribution in [2.75, 3.05) is 0 Å². The van der Waals surface area contributed by atoms with Gasteiger partial charge in [0.05, 0.1) is 11.1 Å². The normalized spacial score (nSPS) is 14.0.